The number of hydrazone groups is 1. The Hall–Kier alpha value is -4.33. The smallest absolute Gasteiger partial charge is 0.250 e. The van der Waals surface area contributed by atoms with Gasteiger partial charge in [-0.25, -0.2) is 9.82 Å². The molecular weight excluding hydrogens is 393 g/mol. The normalized spacial score (nSPS) is 11.1. The number of aromatic nitrogens is 3. The molecule has 4 aromatic rings. The molecule has 0 bridgehead atoms. The summed E-state index contributed by atoms with van der Waals surface area (Å²) in [5, 5.41) is 10.7. The molecule has 0 aliphatic rings. The molecule has 0 fully saturated rings. The standard InChI is InChI=1S/C23H20FN7/c1-16(17-12-14-18(24)15-13-17)30-31-23-28-21(25-19-8-4-2-5-9-19)27-22(29-23)26-20-10-6-3-7-11-20/h2-15H,1H3,(H3,25,26,27,28,29,31). The first-order valence-corrected chi connectivity index (χ1v) is 9.62. The zero-order chi connectivity index (χ0) is 21.5. The van der Waals surface area contributed by atoms with Crippen molar-refractivity contribution in [2.24, 2.45) is 5.10 Å². The Labute approximate surface area is 179 Å². The minimum Gasteiger partial charge on any atom is -0.324 e. The molecule has 0 unspecified atom stereocenters. The third kappa shape index (κ3) is 5.60. The summed E-state index contributed by atoms with van der Waals surface area (Å²) < 4.78 is 13.2. The molecule has 0 radical (unpaired) electrons. The van der Waals surface area contributed by atoms with Gasteiger partial charge in [0, 0.05) is 11.4 Å². The second kappa shape index (κ2) is 9.45. The third-order valence-electron chi connectivity index (χ3n) is 4.28. The lowest BCUT2D eigenvalue weighted by Crippen LogP contribution is -2.08. The molecule has 0 saturated heterocycles. The summed E-state index contributed by atoms with van der Waals surface area (Å²) >= 11 is 0. The van der Waals surface area contributed by atoms with E-state index in [2.05, 4.69) is 36.1 Å². The molecule has 0 aliphatic heterocycles. The first kappa shape index (κ1) is 20.0. The van der Waals surface area contributed by atoms with E-state index in [4.69, 9.17) is 0 Å². The summed E-state index contributed by atoms with van der Waals surface area (Å²) in [6.45, 7) is 1.81. The fourth-order valence-electron chi connectivity index (χ4n) is 2.73. The Kier molecular flexibility index (Phi) is 6.08. The van der Waals surface area contributed by atoms with Gasteiger partial charge in [0.05, 0.1) is 5.71 Å². The van der Waals surface area contributed by atoms with Crippen LogP contribution in [0.4, 0.5) is 33.6 Å². The molecule has 0 amide bonds. The van der Waals surface area contributed by atoms with Crippen LogP contribution in [0, 0.1) is 5.82 Å². The van der Waals surface area contributed by atoms with Crippen LogP contribution in [0.3, 0.4) is 0 Å². The van der Waals surface area contributed by atoms with E-state index < -0.39 is 0 Å². The Bertz CT molecular complexity index is 1100. The second-order valence-electron chi connectivity index (χ2n) is 6.60. The van der Waals surface area contributed by atoms with Gasteiger partial charge >= 0.3 is 0 Å². The quantitative estimate of drug-likeness (QED) is 0.280. The average molecular weight is 413 g/mol. The topological polar surface area (TPSA) is 87.1 Å². The van der Waals surface area contributed by atoms with E-state index in [1.165, 1.54) is 12.1 Å². The first-order valence-electron chi connectivity index (χ1n) is 9.62. The molecule has 0 atom stereocenters. The molecule has 0 aliphatic carbocycles. The average Bonchev–Trinajstić information content (AvgIpc) is 2.79. The monoisotopic (exact) mass is 413 g/mol. The molecule has 154 valence electrons. The maximum atomic E-state index is 13.2. The molecule has 0 saturated carbocycles. The van der Waals surface area contributed by atoms with Gasteiger partial charge in [-0.3, -0.25) is 0 Å². The summed E-state index contributed by atoms with van der Waals surface area (Å²) in [6, 6.07) is 25.3. The van der Waals surface area contributed by atoms with E-state index in [9.17, 15) is 4.39 Å². The number of nitrogens with one attached hydrogen (secondary N) is 3. The lowest BCUT2D eigenvalue weighted by Gasteiger charge is -2.10. The number of halogens is 1. The van der Waals surface area contributed by atoms with Crippen molar-refractivity contribution in [1.29, 1.82) is 0 Å². The highest BCUT2D eigenvalue weighted by Gasteiger charge is 2.08. The van der Waals surface area contributed by atoms with E-state index in [0.717, 1.165) is 16.9 Å². The van der Waals surface area contributed by atoms with Gasteiger partial charge in [-0.2, -0.15) is 20.1 Å². The fraction of sp³-hybridized carbons (Fsp3) is 0.0435. The largest absolute Gasteiger partial charge is 0.324 e. The number of hydrogen-bond donors (Lipinski definition) is 3. The van der Waals surface area contributed by atoms with Crippen LogP contribution in [0.15, 0.2) is 90.0 Å². The molecule has 4 rings (SSSR count). The van der Waals surface area contributed by atoms with Crippen molar-refractivity contribution in [2.75, 3.05) is 16.1 Å². The molecular formula is C23H20FN7. The maximum Gasteiger partial charge on any atom is 0.250 e. The Morgan fingerprint density at radius 1 is 0.677 bits per heavy atom. The van der Waals surface area contributed by atoms with E-state index in [1.807, 2.05) is 67.6 Å². The van der Waals surface area contributed by atoms with Crippen molar-refractivity contribution >= 4 is 34.9 Å². The highest BCUT2D eigenvalue weighted by atomic mass is 19.1. The Morgan fingerprint density at radius 2 is 1.16 bits per heavy atom. The maximum absolute atomic E-state index is 13.2. The van der Waals surface area contributed by atoms with Crippen LogP contribution >= 0.6 is 0 Å². The van der Waals surface area contributed by atoms with Crippen LogP contribution in [0.2, 0.25) is 0 Å². The molecule has 31 heavy (non-hydrogen) atoms. The van der Waals surface area contributed by atoms with Crippen molar-refractivity contribution in [1.82, 2.24) is 15.0 Å². The van der Waals surface area contributed by atoms with Crippen molar-refractivity contribution in [2.45, 2.75) is 6.92 Å². The summed E-state index contributed by atoms with van der Waals surface area (Å²) in [5.41, 5.74) is 6.00. The van der Waals surface area contributed by atoms with Crippen LogP contribution < -0.4 is 16.1 Å². The Balaban J connectivity index is 1.60. The number of rotatable bonds is 7. The van der Waals surface area contributed by atoms with Gasteiger partial charge in [-0.1, -0.05) is 48.5 Å². The molecule has 0 spiro atoms. The highest BCUT2D eigenvalue weighted by molar-refractivity contribution is 5.98. The van der Waals surface area contributed by atoms with E-state index >= 15 is 0 Å². The lowest BCUT2D eigenvalue weighted by atomic mass is 10.1. The number of anilines is 5. The molecule has 3 N–H and O–H groups in total. The van der Waals surface area contributed by atoms with Crippen LogP contribution in [0.1, 0.15) is 12.5 Å². The summed E-state index contributed by atoms with van der Waals surface area (Å²) in [6.07, 6.45) is 0. The second-order valence-corrected chi connectivity index (χ2v) is 6.60. The van der Waals surface area contributed by atoms with Gasteiger partial charge < -0.3 is 10.6 Å². The van der Waals surface area contributed by atoms with Crippen molar-refractivity contribution < 1.29 is 4.39 Å². The molecule has 8 heteroatoms. The number of para-hydroxylation sites is 2. The minimum atomic E-state index is -0.296. The molecule has 1 heterocycles. The zero-order valence-electron chi connectivity index (χ0n) is 16.7. The molecule has 3 aromatic carbocycles. The highest BCUT2D eigenvalue weighted by Crippen LogP contribution is 2.18. The lowest BCUT2D eigenvalue weighted by molar-refractivity contribution is 0.628. The third-order valence-corrected chi connectivity index (χ3v) is 4.28. The van der Waals surface area contributed by atoms with Crippen molar-refractivity contribution in [3.05, 3.63) is 96.3 Å². The number of benzene rings is 3. The zero-order valence-corrected chi connectivity index (χ0v) is 16.7. The minimum absolute atomic E-state index is 0.258. The molecule has 7 nitrogen and oxygen atoms in total. The van der Waals surface area contributed by atoms with Gasteiger partial charge in [0.15, 0.2) is 0 Å². The summed E-state index contributed by atoms with van der Waals surface area (Å²) in [5.74, 6) is 0.678. The van der Waals surface area contributed by atoms with Gasteiger partial charge in [0.25, 0.3) is 0 Å². The van der Waals surface area contributed by atoms with Gasteiger partial charge in [-0.15, -0.1) is 0 Å². The van der Waals surface area contributed by atoms with Gasteiger partial charge in [0.1, 0.15) is 5.82 Å². The predicted octanol–water partition coefficient (Wildman–Crippen LogP) is 5.33. The number of nitrogens with zero attached hydrogens (tertiary/aromatic N) is 4. The Morgan fingerprint density at radius 3 is 1.68 bits per heavy atom. The van der Waals surface area contributed by atoms with Crippen LogP contribution in [0.25, 0.3) is 0 Å². The summed E-state index contributed by atoms with van der Waals surface area (Å²) in [7, 11) is 0. The summed E-state index contributed by atoms with van der Waals surface area (Å²) in [4.78, 5) is 13.2. The SMILES string of the molecule is CC(=NNc1nc(Nc2ccccc2)nc(Nc2ccccc2)n1)c1ccc(F)cc1. The van der Waals surface area contributed by atoms with Gasteiger partial charge in [0.2, 0.25) is 17.8 Å². The van der Waals surface area contributed by atoms with Crippen LogP contribution in [0.5, 0.6) is 0 Å². The van der Waals surface area contributed by atoms with Gasteiger partial charge in [-0.05, 0) is 48.9 Å². The van der Waals surface area contributed by atoms with Crippen molar-refractivity contribution in [3.8, 4) is 0 Å². The fourth-order valence-corrected chi connectivity index (χ4v) is 2.73. The predicted molar refractivity (Wildman–Crippen MR) is 122 cm³/mol. The van der Waals surface area contributed by atoms with Crippen LogP contribution in [-0.2, 0) is 0 Å². The van der Waals surface area contributed by atoms with Crippen LogP contribution in [-0.4, -0.2) is 20.7 Å². The van der Waals surface area contributed by atoms with E-state index in [0.29, 0.717) is 17.6 Å². The first-order chi connectivity index (χ1) is 15.2. The van der Waals surface area contributed by atoms with E-state index in [-0.39, 0.29) is 11.8 Å². The van der Waals surface area contributed by atoms with E-state index in [1.54, 1.807) is 12.1 Å². The molecule has 1 aromatic heterocycles. The number of hydrogen-bond acceptors (Lipinski definition) is 7. The van der Waals surface area contributed by atoms with Crippen molar-refractivity contribution in [3.63, 3.8) is 0 Å².